The predicted molar refractivity (Wildman–Crippen MR) is 72.4 cm³/mol. The van der Waals surface area contributed by atoms with Gasteiger partial charge in [0.25, 0.3) is 0 Å². The van der Waals surface area contributed by atoms with E-state index in [1.54, 1.807) is 6.26 Å². The minimum atomic E-state index is 0.756. The van der Waals surface area contributed by atoms with Gasteiger partial charge in [-0.05, 0) is 17.0 Å². The summed E-state index contributed by atoms with van der Waals surface area (Å²) in [6.07, 6.45) is 8.76. The Hall–Kier alpha value is -2.22. The highest BCUT2D eigenvalue weighted by atomic mass is 16.5. The van der Waals surface area contributed by atoms with Crippen LogP contribution < -0.4 is 15.2 Å². The molecule has 0 unspecified atom stereocenters. The highest BCUT2D eigenvalue weighted by Gasteiger charge is 2.14. The first-order valence-corrected chi connectivity index (χ1v) is 6.15. The van der Waals surface area contributed by atoms with Gasteiger partial charge in [-0.2, -0.15) is 0 Å². The summed E-state index contributed by atoms with van der Waals surface area (Å²) < 4.78 is 11.2. The minimum absolute atomic E-state index is 0.756. The third-order valence-corrected chi connectivity index (χ3v) is 3.50. The molecule has 0 spiro atoms. The lowest BCUT2D eigenvalue weighted by molar-refractivity contribution is 0.322. The zero-order chi connectivity index (χ0) is 11.9. The Morgan fingerprint density at radius 2 is 1.89 bits per heavy atom. The van der Waals surface area contributed by atoms with E-state index in [4.69, 9.17) is 9.47 Å². The summed E-state index contributed by atoms with van der Waals surface area (Å²) in [6, 6.07) is 8.37. The number of hydrogen-bond acceptors (Lipinski definition) is 2. The molecule has 2 aromatic carbocycles. The highest BCUT2D eigenvalue weighted by molar-refractivity contribution is 5.96. The van der Waals surface area contributed by atoms with E-state index in [9.17, 15) is 0 Å². The summed E-state index contributed by atoms with van der Waals surface area (Å²) in [5.74, 6) is 0.991. The van der Waals surface area contributed by atoms with Crippen LogP contribution in [0.2, 0.25) is 0 Å². The number of rotatable bonds is 0. The molecule has 2 aliphatic heterocycles. The fourth-order valence-corrected chi connectivity index (χ4v) is 2.72. The van der Waals surface area contributed by atoms with Crippen LogP contribution >= 0.6 is 0 Å². The number of fused-ring (bicyclic) bond motifs is 6. The third-order valence-electron chi connectivity index (χ3n) is 3.50. The molecule has 0 amide bonds. The Kier molecular flexibility index (Phi) is 1.97. The summed E-state index contributed by atoms with van der Waals surface area (Å²) >= 11 is 0. The Morgan fingerprint density at radius 1 is 1.00 bits per heavy atom. The average molecular weight is 236 g/mol. The van der Waals surface area contributed by atoms with Gasteiger partial charge in [0.2, 0.25) is 0 Å². The minimum Gasteiger partial charge on any atom is -0.492 e. The number of benzene rings is 2. The van der Waals surface area contributed by atoms with E-state index in [2.05, 4.69) is 30.3 Å². The van der Waals surface area contributed by atoms with Crippen molar-refractivity contribution >= 4 is 29.2 Å². The van der Waals surface area contributed by atoms with Crippen LogP contribution in [0.4, 0.5) is 0 Å². The van der Waals surface area contributed by atoms with E-state index < -0.39 is 0 Å². The lowest BCUT2D eigenvalue weighted by Gasteiger charge is -2.17. The summed E-state index contributed by atoms with van der Waals surface area (Å²) in [5.41, 5.74) is 1.22. The molecule has 2 aliphatic rings. The van der Waals surface area contributed by atoms with Crippen LogP contribution in [0.15, 0.2) is 30.5 Å². The molecule has 0 saturated heterocycles. The maximum absolute atomic E-state index is 5.87. The Labute approximate surface area is 104 Å². The molecule has 0 N–H and O–H groups in total. The largest absolute Gasteiger partial charge is 0.492 e. The van der Waals surface area contributed by atoms with Gasteiger partial charge in [0.1, 0.15) is 5.75 Å². The van der Waals surface area contributed by atoms with E-state index in [0.717, 1.165) is 24.0 Å². The normalized spacial score (nSPS) is 15.8. The lowest BCUT2D eigenvalue weighted by Crippen LogP contribution is -2.33. The summed E-state index contributed by atoms with van der Waals surface area (Å²) in [6.45, 7) is 0.756. The van der Waals surface area contributed by atoms with Crippen molar-refractivity contribution in [2.45, 2.75) is 6.42 Å². The van der Waals surface area contributed by atoms with Gasteiger partial charge in [-0.3, -0.25) is 0 Å². The van der Waals surface area contributed by atoms with Gasteiger partial charge in [-0.25, -0.2) is 0 Å². The SMILES string of the molecule is C1=Cc2c(c3c(c4ccccc24)OCCC=3)=CO1. The maximum atomic E-state index is 5.87. The molecule has 2 heteroatoms. The third kappa shape index (κ3) is 1.23. The van der Waals surface area contributed by atoms with Gasteiger partial charge < -0.3 is 9.47 Å². The zero-order valence-electron chi connectivity index (χ0n) is 9.85. The van der Waals surface area contributed by atoms with Crippen molar-refractivity contribution in [1.82, 2.24) is 0 Å². The monoisotopic (exact) mass is 236 g/mol. The molecule has 0 bridgehead atoms. The second kappa shape index (κ2) is 3.64. The van der Waals surface area contributed by atoms with Crippen LogP contribution in [0, 0.1) is 0 Å². The molecule has 2 heterocycles. The van der Waals surface area contributed by atoms with Gasteiger partial charge in [0.05, 0.1) is 19.1 Å². The van der Waals surface area contributed by atoms with Crippen molar-refractivity contribution in [1.29, 1.82) is 0 Å². The van der Waals surface area contributed by atoms with Crippen LogP contribution in [-0.4, -0.2) is 6.61 Å². The van der Waals surface area contributed by atoms with Gasteiger partial charge >= 0.3 is 0 Å². The van der Waals surface area contributed by atoms with Crippen molar-refractivity contribution < 1.29 is 9.47 Å². The molecule has 0 fully saturated rings. The van der Waals surface area contributed by atoms with Crippen molar-refractivity contribution in [3.63, 3.8) is 0 Å². The van der Waals surface area contributed by atoms with Crippen molar-refractivity contribution in [3.05, 3.63) is 46.5 Å². The van der Waals surface area contributed by atoms with Crippen LogP contribution in [0.3, 0.4) is 0 Å². The Balaban J connectivity index is 2.32. The number of ether oxygens (including phenoxy) is 2. The first kappa shape index (κ1) is 9.77. The quantitative estimate of drug-likeness (QED) is 0.697. The fourth-order valence-electron chi connectivity index (χ4n) is 2.72. The van der Waals surface area contributed by atoms with Gasteiger partial charge in [0.15, 0.2) is 0 Å². The zero-order valence-corrected chi connectivity index (χ0v) is 9.85. The molecule has 2 aromatic rings. The predicted octanol–water partition coefficient (Wildman–Crippen LogP) is 2.14. The molecule has 18 heavy (non-hydrogen) atoms. The van der Waals surface area contributed by atoms with E-state index in [1.807, 2.05) is 12.3 Å². The van der Waals surface area contributed by atoms with Crippen LogP contribution in [-0.2, 0) is 4.74 Å². The highest BCUT2D eigenvalue weighted by Crippen LogP contribution is 2.26. The second-order valence-electron chi connectivity index (χ2n) is 4.51. The lowest BCUT2D eigenvalue weighted by atomic mass is 9.97. The average Bonchev–Trinajstić information content (AvgIpc) is 2.48. The fraction of sp³-hybridized carbons (Fsp3) is 0.125. The van der Waals surface area contributed by atoms with Crippen LogP contribution in [0.25, 0.3) is 29.2 Å². The van der Waals surface area contributed by atoms with E-state index in [-0.39, 0.29) is 0 Å². The summed E-state index contributed by atoms with van der Waals surface area (Å²) in [4.78, 5) is 0. The summed E-state index contributed by atoms with van der Waals surface area (Å²) in [5, 5.41) is 4.70. The molecular formula is C16H12O2. The molecule has 0 aromatic heterocycles. The molecular weight excluding hydrogens is 224 g/mol. The van der Waals surface area contributed by atoms with E-state index in [1.165, 1.54) is 21.6 Å². The molecule has 0 saturated carbocycles. The standard InChI is InChI=1S/C16H12O2/c1-2-5-13-11(4-1)12-7-9-17-10-15(12)14-6-3-8-18-16(13)14/h1-2,4-7,9-10H,3,8H2. The smallest absolute Gasteiger partial charge is 0.134 e. The molecule has 4 rings (SSSR count). The second-order valence-corrected chi connectivity index (χ2v) is 4.51. The molecule has 0 aliphatic carbocycles. The summed E-state index contributed by atoms with van der Waals surface area (Å²) in [7, 11) is 0. The van der Waals surface area contributed by atoms with Crippen molar-refractivity contribution in [2.75, 3.05) is 6.61 Å². The van der Waals surface area contributed by atoms with Crippen molar-refractivity contribution in [2.24, 2.45) is 0 Å². The van der Waals surface area contributed by atoms with Gasteiger partial charge in [-0.1, -0.05) is 30.3 Å². The maximum Gasteiger partial charge on any atom is 0.134 e. The molecule has 2 nitrogen and oxygen atoms in total. The van der Waals surface area contributed by atoms with Crippen LogP contribution in [0.5, 0.6) is 5.75 Å². The number of hydrogen-bond donors (Lipinski definition) is 0. The van der Waals surface area contributed by atoms with Crippen LogP contribution in [0.1, 0.15) is 12.0 Å². The molecule has 88 valence electrons. The van der Waals surface area contributed by atoms with Gasteiger partial charge in [0, 0.05) is 22.2 Å². The molecule has 0 radical (unpaired) electrons. The topological polar surface area (TPSA) is 18.5 Å². The van der Waals surface area contributed by atoms with E-state index in [0.29, 0.717) is 0 Å². The first-order valence-electron chi connectivity index (χ1n) is 6.15. The first-order chi connectivity index (χ1) is 8.95. The van der Waals surface area contributed by atoms with E-state index >= 15 is 0 Å². The van der Waals surface area contributed by atoms with Gasteiger partial charge in [-0.15, -0.1) is 0 Å². The Morgan fingerprint density at radius 3 is 2.83 bits per heavy atom. The Bertz CT molecular complexity index is 785. The molecule has 0 atom stereocenters. The van der Waals surface area contributed by atoms with Crippen molar-refractivity contribution in [3.8, 4) is 5.75 Å².